The third kappa shape index (κ3) is 3.62. The normalized spacial score (nSPS) is 13.5. The molecule has 1 aromatic heterocycles. The maximum Gasteiger partial charge on any atom is 0.407 e. The fraction of sp³-hybridized carbons (Fsp3) is 0.217. The lowest BCUT2D eigenvalue weighted by Gasteiger charge is -2.19. The Balaban J connectivity index is 1.46. The van der Waals surface area contributed by atoms with Crippen molar-refractivity contribution < 1.29 is 14.6 Å². The number of pyridine rings is 1. The summed E-state index contributed by atoms with van der Waals surface area (Å²) in [7, 11) is 0. The van der Waals surface area contributed by atoms with Crippen molar-refractivity contribution in [3.63, 3.8) is 0 Å². The number of ether oxygens (including phenoxy) is 1. The standard InChI is InChI=1S/C23H22N2O3/c26-14-11-22(16-9-12-24-13-10-16)25-23(27)28-15-21-19-7-3-1-5-17(19)18-6-2-4-8-20(18)21/h1-10,12-13,21-22,26H,11,14-15H2,(H,25,27). The first-order chi connectivity index (χ1) is 13.8. The average molecular weight is 374 g/mol. The molecule has 28 heavy (non-hydrogen) atoms. The van der Waals surface area contributed by atoms with Crippen molar-refractivity contribution in [2.75, 3.05) is 13.2 Å². The van der Waals surface area contributed by atoms with E-state index in [1.165, 1.54) is 22.3 Å². The van der Waals surface area contributed by atoms with E-state index in [0.29, 0.717) is 6.42 Å². The molecule has 1 amide bonds. The number of aliphatic hydroxyl groups is 1. The molecule has 5 nitrogen and oxygen atoms in total. The highest BCUT2D eigenvalue weighted by Gasteiger charge is 2.29. The molecule has 0 radical (unpaired) electrons. The van der Waals surface area contributed by atoms with E-state index in [2.05, 4.69) is 34.6 Å². The topological polar surface area (TPSA) is 71.5 Å². The molecule has 0 bridgehead atoms. The van der Waals surface area contributed by atoms with Crippen LogP contribution in [0.4, 0.5) is 4.79 Å². The number of nitrogens with one attached hydrogen (secondary N) is 1. The van der Waals surface area contributed by atoms with Gasteiger partial charge in [-0.05, 0) is 46.4 Å². The number of amides is 1. The number of carbonyl (C=O) groups excluding carboxylic acids is 1. The summed E-state index contributed by atoms with van der Waals surface area (Å²) in [5.41, 5.74) is 5.64. The highest BCUT2D eigenvalue weighted by molar-refractivity contribution is 5.79. The number of aliphatic hydroxyl groups excluding tert-OH is 1. The van der Waals surface area contributed by atoms with Crippen LogP contribution in [-0.2, 0) is 4.74 Å². The smallest absolute Gasteiger partial charge is 0.407 e. The maximum atomic E-state index is 12.5. The molecule has 142 valence electrons. The van der Waals surface area contributed by atoms with Gasteiger partial charge in [0.25, 0.3) is 0 Å². The van der Waals surface area contributed by atoms with Gasteiger partial charge in [0.1, 0.15) is 6.61 Å². The van der Waals surface area contributed by atoms with E-state index in [9.17, 15) is 9.90 Å². The molecule has 0 saturated heterocycles. The summed E-state index contributed by atoms with van der Waals surface area (Å²) in [4.78, 5) is 16.4. The van der Waals surface area contributed by atoms with Crippen molar-refractivity contribution in [2.24, 2.45) is 0 Å². The molecule has 0 aliphatic heterocycles. The summed E-state index contributed by atoms with van der Waals surface area (Å²) in [5, 5.41) is 12.2. The second-order valence-corrected chi connectivity index (χ2v) is 6.82. The number of aromatic nitrogens is 1. The van der Waals surface area contributed by atoms with E-state index < -0.39 is 6.09 Å². The molecule has 0 fully saturated rings. The van der Waals surface area contributed by atoms with Gasteiger partial charge in [0.2, 0.25) is 0 Å². The fourth-order valence-corrected chi connectivity index (χ4v) is 3.83. The second kappa shape index (κ2) is 8.23. The molecule has 3 aromatic rings. The average Bonchev–Trinajstić information content (AvgIpc) is 3.06. The van der Waals surface area contributed by atoms with Crippen LogP contribution in [0.1, 0.15) is 35.1 Å². The van der Waals surface area contributed by atoms with Crippen LogP contribution in [0, 0.1) is 0 Å². The van der Waals surface area contributed by atoms with E-state index in [1.54, 1.807) is 12.4 Å². The van der Waals surface area contributed by atoms with Crippen molar-refractivity contribution in [2.45, 2.75) is 18.4 Å². The lowest BCUT2D eigenvalue weighted by atomic mass is 9.98. The Kier molecular flexibility index (Phi) is 5.35. The molecular weight excluding hydrogens is 352 g/mol. The second-order valence-electron chi connectivity index (χ2n) is 6.82. The minimum absolute atomic E-state index is 0.0235. The van der Waals surface area contributed by atoms with Crippen LogP contribution in [0.25, 0.3) is 11.1 Å². The number of benzene rings is 2. The molecule has 1 atom stereocenters. The maximum absolute atomic E-state index is 12.5. The SMILES string of the molecule is O=C(NC(CCO)c1ccncc1)OCC1c2ccccc2-c2ccccc21. The first kappa shape index (κ1) is 18.2. The molecule has 1 unspecified atom stereocenters. The third-order valence-corrected chi connectivity index (χ3v) is 5.16. The first-order valence-electron chi connectivity index (χ1n) is 9.40. The Morgan fingerprint density at radius 2 is 1.61 bits per heavy atom. The summed E-state index contributed by atoms with van der Waals surface area (Å²) < 4.78 is 5.59. The molecule has 4 rings (SSSR count). The number of carbonyl (C=O) groups is 1. The summed E-state index contributed by atoms with van der Waals surface area (Å²) in [5.74, 6) is 0.0235. The zero-order valence-corrected chi connectivity index (χ0v) is 15.4. The summed E-state index contributed by atoms with van der Waals surface area (Å²) in [6, 6.07) is 19.8. The van der Waals surface area contributed by atoms with Gasteiger partial charge in [-0.15, -0.1) is 0 Å². The lowest BCUT2D eigenvalue weighted by Crippen LogP contribution is -2.31. The quantitative estimate of drug-likeness (QED) is 0.683. The Bertz CT molecular complexity index is 913. The number of nitrogens with zero attached hydrogens (tertiary/aromatic N) is 1. The molecule has 5 heteroatoms. The number of hydrogen-bond donors (Lipinski definition) is 2. The Morgan fingerprint density at radius 1 is 1.00 bits per heavy atom. The molecule has 0 saturated carbocycles. The lowest BCUT2D eigenvalue weighted by molar-refractivity contribution is 0.136. The van der Waals surface area contributed by atoms with Gasteiger partial charge in [0, 0.05) is 24.9 Å². The van der Waals surface area contributed by atoms with Gasteiger partial charge < -0.3 is 15.2 Å². The Morgan fingerprint density at radius 3 is 2.21 bits per heavy atom. The predicted octanol–water partition coefficient (Wildman–Crippen LogP) is 4.04. The Hall–Kier alpha value is -3.18. The first-order valence-corrected chi connectivity index (χ1v) is 9.40. The van der Waals surface area contributed by atoms with Crippen LogP contribution in [0.3, 0.4) is 0 Å². The van der Waals surface area contributed by atoms with Crippen molar-refractivity contribution in [1.29, 1.82) is 0 Å². The summed E-state index contributed by atoms with van der Waals surface area (Å²) >= 11 is 0. The molecular formula is C23H22N2O3. The van der Waals surface area contributed by atoms with E-state index in [-0.39, 0.29) is 25.2 Å². The van der Waals surface area contributed by atoms with Gasteiger partial charge in [-0.3, -0.25) is 4.98 Å². The summed E-state index contributed by atoms with van der Waals surface area (Å²) in [6.45, 7) is 0.235. The predicted molar refractivity (Wildman–Crippen MR) is 107 cm³/mol. The molecule has 2 N–H and O–H groups in total. The minimum atomic E-state index is -0.489. The van der Waals surface area contributed by atoms with Gasteiger partial charge in [-0.1, -0.05) is 48.5 Å². The van der Waals surface area contributed by atoms with Gasteiger partial charge in [0.15, 0.2) is 0 Å². The van der Waals surface area contributed by atoms with Crippen molar-refractivity contribution in [3.05, 3.63) is 89.7 Å². The van der Waals surface area contributed by atoms with Crippen LogP contribution >= 0.6 is 0 Å². The van der Waals surface area contributed by atoms with E-state index in [0.717, 1.165) is 5.56 Å². The van der Waals surface area contributed by atoms with Crippen LogP contribution in [0.15, 0.2) is 73.1 Å². The molecule has 2 aromatic carbocycles. The van der Waals surface area contributed by atoms with Crippen LogP contribution in [0.2, 0.25) is 0 Å². The van der Waals surface area contributed by atoms with Gasteiger partial charge >= 0.3 is 6.09 Å². The summed E-state index contributed by atoms with van der Waals surface area (Å²) in [6.07, 6.45) is 3.25. The molecule has 0 spiro atoms. The van der Waals surface area contributed by atoms with E-state index in [4.69, 9.17) is 4.74 Å². The molecule has 1 aliphatic carbocycles. The zero-order chi connectivity index (χ0) is 19.3. The van der Waals surface area contributed by atoms with Crippen molar-refractivity contribution in [1.82, 2.24) is 10.3 Å². The Labute approximate surface area is 164 Å². The van der Waals surface area contributed by atoms with E-state index >= 15 is 0 Å². The van der Waals surface area contributed by atoms with Crippen LogP contribution in [0.5, 0.6) is 0 Å². The third-order valence-electron chi connectivity index (χ3n) is 5.16. The highest BCUT2D eigenvalue weighted by atomic mass is 16.5. The van der Waals surface area contributed by atoms with E-state index in [1.807, 2.05) is 36.4 Å². The number of alkyl carbamates (subject to hydrolysis) is 1. The van der Waals surface area contributed by atoms with Crippen molar-refractivity contribution in [3.8, 4) is 11.1 Å². The molecule has 1 heterocycles. The largest absolute Gasteiger partial charge is 0.449 e. The molecule has 1 aliphatic rings. The van der Waals surface area contributed by atoms with Gasteiger partial charge in [0.05, 0.1) is 6.04 Å². The monoisotopic (exact) mass is 374 g/mol. The number of hydrogen-bond acceptors (Lipinski definition) is 4. The minimum Gasteiger partial charge on any atom is -0.449 e. The highest BCUT2D eigenvalue weighted by Crippen LogP contribution is 2.44. The zero-order valence-electron chi connectivity index (χ0n) is 15.4. The van der Waals surface area contributed by atoms with Crippen LogP contribution in [-0.4, -0.2) is 29.4 Å². The van der Waals surface area contributed by atoms with Crippen molar-refractivity contribution >= 4 is 6.09 Å². The van der Waals surface area contributed by atoms with Crippen LogP contribution < -0.4 is 5.32 Å². The fourth-order valence-electron chi connectivity index (χ4n) is 3.83. The van der Waals surface area contributed by atoms with Gasteiger partial charge in [-0.25, -0.2) is 4.79 Å². The number of rotatable bonds is 6. The number of fused-ring (bicyclic) bond motifs is 3. The van der Waals surface area contributed by atoms with Gasteiger partial charge in [-0.2, -0.15) is 0 Å².